The molecule has 3 aromatic carbocycles. The topological polar surface area (TPSA) is 17.1 Å². The minimum Gasteiger partial charge on any atom is -0.289 e. The number of carbonyl (C=O) groups excluding carboxylic acids is 1. The zero-order valence-electron chi connectivity index (χ0n) is 12.8. The van der Waals surface area contributed by atoms with Crippen molar-refractivity contribution >= 4 is 22.6 Å². The molecule has 0 atom stereocenters. The van der Waals surface area contributed by atoms with Gasteiger partial charge in [-0.2, -0.15) is 0 Å². The second-order valence-corrected chi connectivity index (χ2v) is 5.58. The SMILES string of the molecule is Cc1ccc(C(=O)C=Cc2cccc3ccccc23)c(C)c1. The second-order valence-electron chi connectivity index (χ2n) is 5.58. The summed E-state index contributed by atoms with van der Waals surface area (Å²) in [6.45, 7) is 4.01. The van der Waals surface area contributed by atoms with Crippen LogP contribution in [-0.2, 0) is 0 Å². The molecule has 0 amide bonds. The number of hydrogen-bond acceptors (Lipinski definition) is 1. The number of rotatable bonds is 3. The molecule has 0 aliphatic heterocycles. The Morgan fingerprint density at radius 3 is 2.50 bits per heavy atom. The van der Waals surface area contributed by atoms with Crippen molar-refractivity contribution in [1.82, 2.24) is 0 Å². The monoisotopic (exact) mass is 286 g/mol. The van der Waals surface area contributed by atoms with Crippen molar-refractivity contribution in [3.8, 4) is 0 Å². The molecule has 108 valence electrons. The summed E-state index contributed by atoms with van der Waals surface area (Å²) >= 11 is 0. The summed E-state index contributed by atoms with van der Waals surface area (Å²) in [5, 5.41) is 2.35. The fourth-order valence-corrected chi connectivity index (χ4v) is 2.74. The van der Waals surface area contributed by atoms with Crippen LogP contribution in [0, 0.1) is 13.8 Å². The number of carbonyl (C=O) groups is 1. The van der Waals surface area contributed by atoms with E-state index in [0.29, 0.717) is 0 Å². The Bertz CT molecular complexity index is 867. The summed E-state index contributed by atoms with van der Waals surface area (Å²) in [4.78, 5) is 12.4. The third-order valence-corrected chi connectivity index (χ3v) is 3.88. The highest BCUT2D eigenvalue weighted by Gasteiger charge is 2.06. The van der Waals surface area contributed by atoms with Gasteiger partial charge in [-0.3, -0.25) is 4.79 Å². The minimum absolute atomic E-state index is 0.0467. The standard InChI is InChI=1S/C21H18O/c1-15-10-12-19(16(2)14-15)21(22)13-11-18-8-5-7-17-6-3-4-9-20(17)18/h3-14H,1-2H3. The van der Waals surface area contributed by atoms with Gasteiger partial charge in [0.05, 0.1) is 0 Å². The van der Waals surface area contributed by atoms with Crippen LogP contribution in [0.2, 0.25) is 0 Å². The normalized spacial score (nSPS) is 11.2. The van der Waals surface area contributed by atoms with Gasteiger partial charge in [0.2, 0.25) is 0 Å². The highest BCUT2D eigenvalue weighted by Crippen LogP contribution is 2.20. The average Bonchev–Trinajstić information content (AvgIpc) is 2.52. The van der Waals surface area contributed by atoms with Gasteiger partial charge in [-0.15, -0.1) is 0 Å². The van der Waals surface area contributed by atoms with E-state index in [9.17, 15) is 4.79 Å². The maximum atomic E-state index is 12.4. The second kappa shape index (κ2) is 5.98. The van der Waals surface area contributed by atoms with Gasteiger partial charge in [-0.1, -0.05) is 72.3 Å². The predicted octanol–water partition coefficient (Wildman–Crippen LogP) is 5.35. The quantitative estimate of drug-likeness (QED) is 0.468. The molecular formula is C21H18O. The highest BCUT2D eigenvalue weighted by molar-refractivity contribution is 6.08. The Morgan fingerprint density at radius 1 is 0.909 bits per heavy atom. The van der Waals surface area contributed by atoms with Crippen molar-refractivity contribution in [2.75, 3.05) is 0 Å². The smallest absolute Gasteiger partial charge is 0.186 e. The molecule has 0 spiro atoms. The Balaban J connectivity index is 1.94. The fraction of sp³-hybridized carbons (Fsp3) is 0.0952. The molecule has 0 N–H and O–H groups in total. The molecule has 0 fully saturated rings. The lowest BCUT2D eigenvalue weighted by Gasteiger charge is -2.04. The Hall–Kier alpha value is -2.67. The van der Waals surface area contributed by atoms with Crippen molar-refractivity contribution in [3.05, 3.63) is 89.0 Å². The van der Waals surface area contributed by atoms with Crippen LogP contribution in [0.5, 0.6) is 0 Å². The van der Waals surface area contributed by atoms with E-state index >= 15 is 0 Å². The van der Waals surface area contributed by atoms with E-state index in [0.717, 1.165) is 22.1 Å². The zero-order valence-corrected chi connectivity index (χ0v) is 12.8. The third kappa shape index (κ3) is 2.84. The van der Waals surface area contributed by atoms with Crippen LogP contribution in [0.3, 0.4) is 0 Å². The van der Waals surface area contributed by atoms with Crippen molar-refractivity contribution < 1.29 is 4.79 Å². The number of fused-ring (bicyclic) bond motifs is 1. The lowest BCUT2D eigenvalue weighted by Crippen LogP contribution is -1.98. The Morgan fingerprint density at radius 2 is 1.68 bits per heavy atom. The van der Waals surface area contributed by atoms with Gasteiger partial charge in [0.1, 0.15) is 0 Å². The molecule has 0 aliphatic carbocycles. The first-order valence-corrected chi connectivity index (χ1v) is 7.42. The maximum absolute atomic E-state index is 12.4. The van der Waals surface area contributed by atoms with Crippen LogP contribution in [-0.4, -0.2) is 5.78 Å². The van der Waals surface area contributed by atoms with Gasteiger partial charge in [-0.05, 0) is 41.8 Å². The molecule has 0 saturated carbocycles. The average molecular weight is 286 g/mol. The molecule has 1 heteroatoms. The lowest BCUT2D eigenvalue weighted by atomic mass is 10.00. The van der Waals surface area contributed by atoms with Gasteiger partial charge in [-0.25, -0.2) is 0 Å². The van der Waals surface area contributed by atoms with Crippen LogP contribution in [0.4, 0.5) is 0 Å². The maximum Gasteiger partial charge on any atom is 0.186 e. The molecular weight excluding hydrogens is 268 g/mol. The van der Waals surface area contributed by atoms with Crippen molar-refractivity contribution in [3.63, 3.8) is 0 Å². The van der Waals surface area contributed by atoms with Gasteiger partial charge in [0.25, 0.3) is 0 Å². The predicted molar refractivity (Wildman–Crippen MR) is 93.2 cm³/mol. The molecule has 0 unspecified atom stereocenters. The summed E-state index contributed by atoms with van der Waals surface area (Å²) < 4.78 is 0. The summed E-state index contributed by atoms with van der Waals surface area (Å²) in [5.74, 6) is 0.0467. The Labute approximate surface area is 130 Å². The van der Waals surface area contributed by atoms with Gasteiger partial charge >= 0.3 is 0 Å². The molecule has 0 aliphatic rings. The van der Waals surface area contributed by atoms with Crippen molar-refractivity contribution in [1.29, 1.82) is 0 Å². The van der Waals surface area contributed by atoms with Gasteiger partial charge in [0.15, 0.2) is 5.78 Å². The van der Waals surface area contributed by atoms with Crippen LogP contribution in [0.1, 0.15) is 27.0 Å². The fourth-order valence-electron chi connectivity index (χ4n) is 2.74. The van der Waals surface area contributed by atoms with E-state index in [1.54, 1.807) is 6.08 Å². The van der Waals surface area contributed by atoms with E-state index in [4.69, 9.17) is 0 Å². The molecule has 0 aromatic heterocycles. The van der Waals surface area contributed by atoms with E-state index in [1.807, 2.05) is 62.4 Å². The molecule has 0 bridgehead atoms. The first-order chi connectivity index (χ1) is 10.6. The van der Waals surface area contributed by atoms with Crippen molar-refractivity contribution in [2.45, 2.75) is 13.8 Å². The van der Waals surface area contributed by atoms with Crippen LogP contribution >= 0.6 is 0 Å². The molecule has 0 radical (unpaired) electrons. The van der Waals surface area contributed by atoms with Crippen LogP contribution < -0.4 is 0 Å². The summed E-state index contributed by atoms with van der Waals surface area (Å²) in [6.07, 6.45) is 3.57. The number of hydrogen-bond donors (Lipinski definition) is 0. The van der Waals surface area contributed by atoms with E-state index < -0.39 is 0 Å². The zero-order chi connectivity index (χ0) is 15.5. The van der Waals surface area contributed by atoms with E-state index in [2.05, 4.69) is 18.2 Å². The number of ketones is 1. The molecule has 3 aromatic rings. The molecule has 0 heterocycles. The summed E-state index contributed by atoms with van der Waals surface area (Å²) in [7, 11) is 0. The Kier molecular flexibility index (Phi) is 3.88. The lowest BCUT2D eigenvalue weighted by molar-refractivity contribution is 0.104. The molecule has 22 heavy (non-hydrogen) atoms. The first-order valence-electron chi connectivity index (χ1n) is 7.42. The third-order valence-electron chi connectivity index (χ3n) is 3.88. The van der Waals surface area contributed by atoms with Gasteiger partial charge in [0, 0.05) is 5.56 Å². The largest absolute Gasteiger partial charge is 0.289 e. The molecule has 1 nitrogen and oxygen atoms in total. The number of aryl methyl sites for hydroxylation is 2. The van der Waals surface area contributed by atoms with E-state index in [-0.39, 0.29) is 5.78 Å². The van der Waals surface area contributed by atoms with Crippen LogP contribution in [0.25, 0.3) is 16.8 Å². The van der Waals surface area contributed by atoms with Crippen molar-refractivity contribution in [2.24, 2.45) is 0 Å². The van der Waals surface area contributed by atoms with E-state index in [1.165, 1.54) is 10.9 Å². The number of benzene rings is 3. The first kappa shape index (κ1) is 14.3. The van der Waals surface area contributed by atoms with Gasteiger partial charge < -0.3 is 0 Å². The highest BCUT2D eigenvalue weighted by atomic mass is 16.1. The molecule has 3 rings (SSSR count). The minimum atomic E-state index is 0.0467. The molecule has 0 saturated heterocycles. The number of allylic oxidation sites excluding steroid dienone is 1. The summed E-state index contributed by atoms with van der Waals surface area (Å²) in [6, 6.07) is 20.3. The van der Waals surface area contributed by atoms with Crippen LogP contribution in [0.15, 0.2) is 66.7 Å². The summed E-state index contributed by atoms with van der Waals surface area (Å²) in [5.41, 5.74) is 4.03.